The lowest BCUT2D eigenvalue weighted by molar-refractivity contribution is -0.141. The maximum atomic E-state index is 12.9. The molecule has 0 N–H and O–H groups in total. The van der Waals surface area contributed by atoms with Crippen molar-refractivity contribution < 1.29 is 22.7 Å². The van der Waals surface area contributed by atoms with Gasteiger partial charge in [0.1, 0.15) is 5.69 Å². The monoisotopic (exact) mass is 441 g/mol. The average Bonchev–Trinajstić information content (AvgIpc) is 2.99. The van der Waals surface area contributed by atoms with E-state index in [9.17, 15) is 18.0 Å². The first-order valence-corrected chi connectivity index (χ1v) is 9.73. The number of halogens is 4. The fourth-order valence-corrected chi connectivity index (χ4v) is 4.09. The highest BCUT2D eigenvalue weighted by molar-refractivity contribution is 6.28. The van der Waals surface area contributed by atoms with E-state index in [1.165, 1.54) is 7.11 Å². The third-order valence-electron chi connectivity index (χ3n) is 5.50. The second kappa shape index (κ2) is 7.57. The number of rotatable bonds is 4. The summed E-state index contributed by atoms with van der Waals surface area (Å²) in [6.45, 7) is 3.23. The molecule has 1 fully saturated rings. The third-order valence-corrected chi connectivity index (χ3v) is 5.67. The van der Waals surface area contributed by atoms with Gasteiger partial charge in [-0.25, -0.2) is 4.98 Å². The van der Waals surface area contributed by atoms with Crippen molar-refractivity contribution in [3.63, 3.8) is 0 Å². The minimum absolute atomic E-state index is 0.0472. The van der Waals surface area contributed by atoms with Crippen LogP contribution in [0.1, 0.15) is 36.3 Å². The van der Waals surface area contributed by atoms with Crippen LogP contribution in [0.15, 0.2) is 18.3 Å². The topological polar surface area (TPSA) is 71.5 Å². The van der Waals surface area contributed by atoms with Crippen molar-refractivity contribution in [1.29, 1.82) is 0 Å². The molecule has 30 heavy (non-hydrogen) atoms. The van der Waals surface area contributed by atoms with Crippen molar-refractivity contribution in [2.75, 3.05) is 25.1 Å². The SMILES string of the molecule is COc1nc(Cl)nc2c1CN(C(=O)CC1CN(c3ccnc(C(F)(F)F)c3)C1)C2C. The first-order chi connectivity index (χ1) is 14.2. The molecule has 2 aromatic heterocycles. The summed E-state index contributed by atoms with van der Waals surface area (Å²) < 4.78 is 43.8. The molecule has 1 unspecified atom stereocenters. The van der Waals surface area contributed by atoms with E-state index in [0.717, 1.165) is 17.8 Å². The average molecular weight is 442 g/mol. The molecule has 160 valence electrons. The number of hydrogen-bond acceptors (Lipinski definition) is 6. The largest absolute Gasteiger partial charge is 0.481 e. The van der Waals surface area contributed by atoms with Crippen molar-refractivity contribution in [1.82, 2.24) is 19.9 Å². The van der Waals surface area contributed by atoms with E-state index in [2.05, 4.69) is 15.0 Å². The lowest BCUT2D eigenvalue weighted by atomic mass is 9.94. The van der Waals surface area contributed by atoms with Crippen molar-refractivity contribution in [3.05, 3.63) is 40.6 Å². The molecule has 4 rings (SSSR count). The molecule has 4 heterocycles. The minimum Gasteiger partial charge on any atom is -0.481 e. The number of nitrogens with zero attached hydrogens (tertiary/aromatic N) is 5. The van der Waals surface area contributed by atoms with E-state index in [1.807, 2.05) is 11.8 Å². The van der Waals surface area contributed by atoms with Gasteiger partial charge in [0.05, 0.1) is 31.0 Å². The fourth-order valence-electron chi connectivity index (χ4n) is 3.92. The van der Waals surface area contributed by atoms with Gasteiger partial charge < -0.3 is 14.5 Å². The van der Waals surface area contributed by atoms with Gasteiger partial charge in [-0.3, -0.25) is 9.78 Å². The summed E-state index contributed by atoms with van der Waals surface area (Å²) in [5.41, 5.74) is 0.955. The Kier molecular flexibility index (Phi) is 5.21. The van der Waals surface area contributed by atoms with Crippen molar-refractivity contribution in [3.8, 4) is 5.88 Å². The molecule has 2 aliphatic rings. The van der Waals surface area contributed by atoms with Gasteiger partial charge in [-0.05, 0) is 30.7 Å². The van der Waals surface area contributed by atoms with Crippen LogP contribution in [0.5, 0.6) is 5.88 Å². The Bertz CT molecular complexity index is 981. The summed E-state index contributed by atoms with van der Waals surface area (Å²) in [5, 5.41) is 0.0666. The van der Waals surface area contributed by atoms with E-state index in [-0.39, 0.29) is 23.2 Å². The minimum atomic E-state index is -4.48. The van der Waals surface area contributed by atoms with Crippen LogP contribution in [0.25, 0.3) is 0 Å². The smallest absolute Gasteiger partial charge is 0.433 e. The number of amides is 1. The number of anilines is 1. The molecular weight excluding hydrogens is 423 g/mol. The third kappa shape index (κ3) is 3.76. The Morgan fingerprint density at radius 2 is 2.07 bits per heavy atom. The van der Waals surface area contributed by atoms with Crippen LogP contribution in [0.4, 0.5) is 18.9 Å². The number of fused-ring (bicyclic) bond motifs is 1. The number of hydrogen-bond donors (Lipinski definition) is 0. The molecule has 0 aromatic carbocycles. The highest BCUT2D eigenvalue weighted by atomic mass is 35.5. The van der Waals surface area contributed by atoms with Crippen LogP contribution < -0.4 is 9.64 Å². The lowest BCUT2D eigenvalue weighted by Crippen LogP contribution is -2.48. The Morgan fingerprint density at radius 1 is 1.33 bits per heavy atom. The summed E-state index contributed by atoms with van der Waals surface area (Å²) in [7, 11) is 1.49. The zero-order chi connectivity index (χ0) is 21.6. The van der Waals surface area contributed by atoms with Gasteiger partial charge in [-0.2, -0.15) is 18.2 Å². The van der Waals surface area contributed by atoms with Crippen LogP contribution >= 0.6 is 11.6 Å². The molecule has 0 spiro atoms. The first-order valence-electron chi connectivity index (χ1n) is 9.35. The van der Waals surface area contributed by atoms with E-state index in [0.29, 0.717) is 43.3 Å². The number of pyridine rings is 1. The number of carbonyl (C=O) groups is 1. The summed E-state index contributed by atoms with van der Waals surface area (Å²) in [5.74, 6) is 0.377. The summed E-state index contributed by atoms with van der Waals surface area (Å²) in [4.78, 5) is 28.1. The van der Waals surface area contributed by atoms with Gasteiger partial charge in [-0.15, -0.1) is 0 Å². The zero-order valence-electron chi connectivity index (χ0n) is 16.3. The predicted molar refractivity (Wildman–Crippen MR) is 102 cm³/mol. The zero-order valence-corrected chi connectivity index (χ0v) is 17.0. The van der Waals surface area contributed by atoms with Gasteiger partial charge in [0.15, 0.2) is 0 Å². The molecule has 2 aliphatic heterocycles. The van der Waals surface area contributed by atoms with Crippen molar-refractivity contribution in [2.45, 2.75) is 32.1 Å². The molecule has 7 nitrogen and oxygen atoms in total. The molecule has 0 aliphatic carbocycles. The number of ether oxygens (including phenoxy) is 1. The van der Waals surface area contributed by atoms with E-state index in [1.54, 1.807) is 11.0 Å². The second-order valence-electron chi connectivity index (χ2n) is 7.44. The predicted octanol–water partition coefficient (Wildman–Crippen LogP) is 3.48. The molecular formula is C19H19ClF3N5O2. The first kappa shape index (κ1) is 20.6. The fraction of sp³-hybridized carbons (Fsp3) is 0.474. The molecule has 0 radical (unpaired) electrons. The molecule has 0 saturated carbocycles. The normalized spacial score (nSPS) is 18.9. The lowest BCUT2D eigenvalue weighted by Gasteiger charge is -2.41. The molecule has 1 saturated heterocycles. The van der Waals surface area contributed by atoms with Crippen LogP contribution in [-0.2, 0) is 17.5 Å². The Morgan fingerprint density at radius 3 is 2.73 bits per heavy atom. The van der Waals surface area contributed by atoms with Crippen LogP contribution in [-0.4, -0.2) is 46.0 Å². The highest BCUT2D eigenvalue weighted by Gasteiger charge is 2.38. The number of alkyl halides is 3. The Hall–Kier alpha value is -2.62. The molecule has 1 amide bonds. The van der Waals surface area contributed by atoms with Gasteiger partial charge in [-0.1, -0.05) is 0 Å². The molecule has 2 aromatic rings. The molecule has 11 heteroatoms. The summed E-state index contributed by atoms with van der Waals surface area (Å²) in [6.07, 6.45) is -3.03. The molecule has 0 bridgehead atoms. The second-order valence-corrected chi connectivity index (χ2v) is 7.77. The highest BCUT2D eigenvalue weighted by Crippen LogP contribution is 2.38. The van der Waals surface area contributed by atoms with Gasteiger partial charge in [0.2, 0.25) is 17.1 Å². The Labute approximate surface area is 175 Å². The number of methoxy groups -OCH3 is 1. The van der Waals surface area contributed by atoms with Gasteiger partial charge >= 0.3 is 6.18 Å². The quantitative estimate of drug-likeness (QED) is 0.676. The summed E-state index contributed by atoms with van der Waals surface area (Å²) >= 11 is 5.94. The van der Waals surface area contributed by atoms with Crippen LogP contribution in [0.3, 0.4) is 0 Å². The van der Waals surface area contributed by atoms with Crippen molar-refractivity contribution >= 4 is 23.2 Å². The van der Waals surface area contributed by atoms with Gasteiger partial charge in [0, 0.05) is 37.3 Å². The van der Waals surface area contributed by atoms with E-state index < -0.39 is 11.9 Å². The van der Waals surface area contributed by atoms with Crippen molar-refractivity contribution in [2.24, 2.45) is 5.92 Å². The molecule has 1 atom stereocenters. The Balaban J connectivity index is 1.38. The standard InChI is InChI=1S/C19H19ClF3N5O2/c1-10-16-13(17(30-2)26-18(20)25-16)9-28(10)15(29)5-11-7-27(8-11)12-3-4-24-14(6-12)19(21,22)23/h3-4,6,10-11H,5,7-9H2,1-2H3. The van der Waals surface area contributed by atoms with E-state index >= 15 is 0 Å². The number of aromatic nitrogens is 3. The summed E-state index contributed by atoms with van der Waals surface area (Å²) in [6, 6.07) is 2.32. The maximum Gasteiger partial charge on any atom is 0.433 e. The van der Waals surface area contributed by atoms with Crippen LogP contribution in [0.2, 0.25) is 5.28 Å². The van der Waals surface area contributed by atoms with Gasteiger partial charge in [0.25, 0.3) is 0 Å². The van der Waals surface area contributed by atoms with E-state index in [4.69, 9.17) is 16.3 Å². The van der Waals surface area contributed by atoms with Crippen LogP contribution in [0, 0.1) is 5.92 Å². The number of carbonyl (C=O) groups excluding carboxylic acids is 1. The maximum absolute atomic E-state index is 12.9.